The summed E-state index contributed by atoms with van der Waals surface area (Å²) >= 11 is 0. The number of anilines is 2. The minimum Gasteiger partial charge on any atom is -0.455 e. The molecule has 0 bridgehead atoms. The highest BCUT2D eigenvalue weighted by Gasteiger charge is 2.16. The van der Waals surface area contributed by atoms with E-state index in [2.05, 4.69) is 29.1 Å². The van der Waals surface area contributed by atoms with Gasteiger partial charge in [-0.3, -0.25) is 4.79 Å². The number of nitrogens with one attached hydrogen (secondary N) is 1. The van der Waals surface area contributed by atoms with E-state index in [4.69, 9.17) is 4.74 Å². The topological polar surface area (TPSA) is 67.4 Å². The number of para-hydroxylation sites is 3. The number of rotatable bonds is 9. The van der Waals surface area contributed by atoms with Crippen LogP contribution >= 0.6 is 0 Å². The molecule has 0 radical (unpaired) electrons. The molecule has 0 fully saturated rings. The third kappa shape index (κ3) is 5.54. The Bertz CT molecular complexity index is 908. The number of ether oxygens (including phenoxy) is 1. The molecule has 2 aromatic carbocycles. The van der Waals surface area contributed by atoms with E-state index >= 15 is 0 Å². The molecule has 0 aliphatic heterocycles. The predicted octanol–water partition coefficient (Wildman–Crippen LogP) is 5.27. The molecular formula is C23H26N4O2. The van der Waals surface area contributed by atoms with Crippen molar-refractivity contribution in [3.8, 4) is 11.5 Å². The second-order valence-corrected chi connectivity index (χ2v) is 6.62. The van der Waals surface area contributed by atoms with Crippen molar-refractivity contribution in [1.82, 2.24) is 14.9 Å². The maximum atomic E-state index is 12.6. The molecule has 150 valence electrons. The summed E-state index contributed by atoms with van der Waals surface area (Å²) in [5.41, 5.74) is 1.12. The van der Waals surface area contributed by atoms with Gasteiger partial charge in [-0.15, -0.1) is 0 Å². The van der Waals surface area contributed by atoms with Crippen molar-refractivity contribution in [1.29, 1.82) is 0 Å². The zero-order valence-electron chi connectivity index (χ0n) is 16.8. The second kappa shape index (κ2) is 10.2. The Morgan fingerprint density at radius 3 is 2.28 bits per heavy atom. The van der Waals surface area contributed by atoms with Gasteiger partial charge in [-0.2, -0.15) is 0 Å². The Morgan fingerprint density at radius 2 is 1.62 bits per heavy atom. The van der Waals surface area contributed by atoms with Crippen LogP contribution in [0.1, 0.15) is 37.2 Å². The van der Waals surface area contributed by atoms with Crippen molar-refractivity contribution >= 4 is 17.4 Å². The van der Waals surface area contributed by atoms with E-state index in [-0.39, 0.29) is 5.91 Å². The number of nitrogens with zero attached hydrogens (tertiary/aromatic N) is 3. The molecule has 1 amide bonds. The average molecular weight is 390 g/mol. The highest BCUT2D eigenvalue weighted by atomic mass is 16.5. The molecule has 0 atom stereocenters. The van der Waals surface area contributed by atoms with Gasteiger partial charge in [-0.25, -0.2) is 9.97 Å². The lowest BCUT2D eigenvalue weighted by Crippen LogP contribution is -2.33. The van der Waals surface area contributed by atoms with E-state index in [9.17, 15) is 4.79 Å². The summed E-state index contributed by atoms with van der Waals surface area (Å²) in [5, 5.41) is 3.21. The number of aromatic nitrogens is 2. The molecule has 3 rings (SSSR count). The van der Waals surface area contributed by atoms with Crippen LogP contribution in [0.25, 0.3) is 0 Å². The number of hydrogen-bond donors (Lipinski definition) is 1. The Kier molecular flexibility index (Phi) is 7.16. The van der Waals surface area contributed by atoms with Crippen LogP contribution in [0.3, 0.4) is 0 Å². The van der Waals surface area contributed by atoms with Gasteiger partial charge < -0.3 is 15.0 Å². The molecule has 1 N–H and O–H groups in total. The van der Waals surface area contributed by atoms with Gasteiger partial charge >= 0.3 is 0 Å². The van der Waals surface area contributed by atoms with Gasteiger partial charge in [-0.1, -0.05) is 44.2 Å². The van der Waals surface area contributed by atoms with Crippen LogP contribution in [0.2, 0.25) is 0 Å². The number of carbonyl (C=O) groups is 1. The molecule has 6 heteroatoms. The predicted molar refractivity (Wildman–Crippen MR) is 115 cm³/mol. The molecule has 0 spiro atoms. The first-order valence-corrected chi connectivity index (χ1v) is 9.91. The Hall–Kier alpha value is -3.41. The van der Waals surface area contributed by atoms with E-state index in [1.54, 1.807) is 6.20 Å². The first-order valence-electron chi connectivity index (χ1n) is 9.91. The summed E-state index contributed by atoms with van der Waals surface area (Å²) in [7, 11) is 0. The van der Waals surface area contributed by atoms with Gasteiger partial charge in [0, 0.05) is 13.1 Å². The lowest BCUT2D eigenvalue weighted by atomic mass is 10.3. The van der Waals surface area contributed by atoms with Crippen LogP contribution in [-0.2, 0) is 0 Å². The van der Waals surface area contributed by atoms with Gasteiger partial charge in [0.25, 0.3) is 5.91 Å². The Morgan fingerprint density at radius 1 is 0.931 bits per heavy atom. The molecule has 1 heterocycles. The lowest BCUT2D eigenvalue weighted by molar-refractivity contribution is 0.0749. The van der Waals surface area contributed by atoms with Crippen molar-refractivity contribution in [2.75, 3.05) is 18.4 Å². The third-order valence-corrected chi connectivity index (χ3v) is 4.27. The fraction of sp³-hybridized carbons (Fsp3) is 0.261. The zero-order valence-corrected chi connectivity index (χ0v) is 16.8. The van der Waals surface area contributed by atoms with Crippen molar-refractivity contribution in [2.45, 2.75) is 26.7 Å². The number of benzene rings is 2. The minimum absolute atomic E-state index is 0.0828. The maximum absolute atomic E-state index is 12.6. The van der Waals surface area contributed by atoms with Gasteiger partial charge in [-0.05, 0) is 37.1 Å². The molecular weight excluding hydrogens is 364 g/mol. The summed E-state index contributed by atoms with van der Waals surface area (Å²) in [6.45, 7) is 5.56. The van der Waals surface area contributed by atoms with E-state index in [0.717, 1.165) is 37.4 Å². The molecule has 0 saturated carbocycles. The fourth-order valence-electron chi connectivity index (χ4n) is 2.93. The van der Waals surface area contributed by atoms with Gasteiger partial charge in [0.2, 0.25) is 0 Å². The van der Waals surface area contributed by atoms with Crippen molar-refractivity contribution < 1.29 is 9.53 Å². The maximum Gasteiger partial charge on any atom is 0.274 e. The number of hydrogen-bond acceptors (Lipinski definition) is 5. The van der Waals surface area contributed by atoms with E-state index in [1.165, 1.54) is 6.20 Å². The molecule has 0 aliphatic carbocycles. The van der Waals surface area contributed by atoms with Crippen LogP contribution in [-0.4, -0.2) is 33.9 Å². The Balaban J connectivity index is 1.72. The molecule has 29 heavy (non-hydrogen) atoms. The number of amides is 1. The summed E-state index contributed by atoms with van der Waals surface area (Å²) in [5.74, 6) is 1.89. The normalized spacial score (nSPS) is 10.4. The van der Waals surface area contributed by atoms with E-state index in [1.807, 2.05) is 59.5 Å². The average Bonchev–Trinajstić information content (AvgIpc) is 2.76. The zero-order chi connectivity index (χ0) is 20.5. The molecule has 1 aromatic heterocycles. The smallest absolute Gasteiger partial charge is 0.274 e. The summed E-state index contributed by atoms with van der Waals surface area (Å²) in [6, 6.07) is 17.2. The third-order valence-electron chi connectivity index (χ3n) is 4.27. The summed E-state index contributed by atoms with van der Waals surface area (Å²) in [6.07, 6.45) is 4.92. The fourth-order valence-corrected chi connectivity index (χ4v) is 2.93. The van der Waals surface area contributed by atoms with Gasteiger partial charge in [0.05, 0.1) is 18.1 Å². The highest BCUT2D eigenvalue weighted by molar-refractivity contribution is 5.92. The highest BCUT2D eigenvalue weighted by Crippen LogP contribution is 2.30. The van der Waals surface area contributed by atoms with Gasteiger partial charge in [0.1, 0.15) is 17.3 Å². The first kappa shape index (κ1) is 20.3. The van der Waals surface area contributed by atoms with E-state index < -0.39 is 0 Å². The molecule has 3 aromatic rings. The van der Waals surface area contributed by atoms with Gasteiger partial charge in [0.15, 0.2) is 5.75 Å². The first-order chi connectivity index (χ1) is 14.2. The summed E-state index contributed by atoms with van der Waals surface area (Å²) in [4.78, 5) is 23.1. The second-order valence-electron chi connectivity index (χ2n) is 6.62. The largest absolute Gasteiger partial charge is 0.455 e. The quantitative estimate of drug-likeness (QED) is 0.539. The van der Waals surface area contributed by atoms with Crippen LogP contribution in [0.4, 0.5) is 11.5 Å². The van der Waals surface area contributed by atoms with Crippen LogP contribution in [0.15, 0.2) is 67.0 Å². The summed E-state index contributed by atoms with van der Waals surface area (Å²) < 4.78 is 5.96. The van der Waals surface area contributed by atoms with Crippen LogP contribution in [0, 0.1) is 0 Å². The molecule has 6 nitrogen and oxygen atoms in total. The molecule has 0 aliphatic rings. The monoisotopic (exact) mass is 390 g/mol. The van der Waals surface area contributed by atoms with Crippen molar-refractivity contribution in [3.05, 3.63) is 72.7 Å². The van der Waals surface area contributed by atoms with Crippen LogP contribution in [0.5, 0.6) is 11.5 Å². The standard InChI is InChI=1S/C23H26N4O2/c1-3-14-27(15-4-2)23(28)20-16-25-22(17-24-20)26-19-12-8-9-13-21(19)29-18-10-6-5-7-11-18/h5-13,16-17H,3-4,14-15H2,1-2H3,(H,25,26). The van der Waals surface area contributed by atoms with Crippen molar-refractivity contribution in [2.24, 2.45) is 0 Å². The van der Waals surface area contributed by atoms with Crippen molar-refractivity contribution in [3.63, 3.8) is 0 Å². The Labute approximate surface area is 171 Å². The number of carbonyl (C=O) groups excluding carboxylic acids is 1. The molecule has 0 unspecified atom stereocenters. The minimum atomic E-state index is -0.0828. The van der Waals surface area contributed by atoms with E-state index in [0.29, 0.717) is 17.3 Å². The van der Waals surface area contributed by atoms with Crippen LogP contribution < -0.4 is 10.1 Å². The lowest BCUT2D eigenvalue weighted by Gasteiger charge is -2.20. The SMILES string of the molecule is CCCN(CCC)C(=O)c1cnc(Nc2ccccc2Oc2ccccc2)cn1. The molecule has 0 saturated heterocycles.